The number of aryl methyl sites for hydroxylation is 1. The van der Waals surface area contributed by atoms with Crippen molar-refractivity contribution >= 4 is 11.5 Å². The van der Waals surface area contributed by atoms with Gasteiger partial charge in [-0.05, 0) is 24.1 Å². The number of nitrogens with zero attached hydrogens (tertiary/aromatic N) is 3. The number of ether oxygens (including phenoxy) is 2. The van der Waals surface area contributed by atoms with Crippen molar-refractivity contribution in [3.05, 3.63) is 63.7 Å². The average Bonchev–Trinajstić information content (AvgIpc) is 3.19. The molecule has 0 saturated carbocycles. The molecule has 0 spiro atoms. The topological polar surface area (TPSA) is 124 Å². The van der Waals surface area contributed by atoms with E-state index in [1.807, 2.05) is 30.3 Å². The highest BCUT2D eigenvalue weighted by molar-refractivity contribution is 5.86. The van der Waals surface area contributed by atoms with Gasteiger partial charge in [-0.25, -0.2) is 4.98 Å². The molecule has 0 fully saturated rings. The van der Waals surface area contributed by atoms with Crippen LogP contribution < -0.4 is 15.2 Å². The molecule has 0 radical (unpaired) electrons. The van der Waals surface area contributed by atoms with Crippen LogP contribution in [-0.4, -0.2) is 16.7 Å². The second-order valence-corrected chi connectivity index (χ2v) is 6.46. The Bertz CT molecular complexity index is 1170. The van der Waals surface area contributed by atoms with Gasteiger partial charge in [0.15, 0.2) is 11.5 Å². The average molecular weight is 388 g/mol. The van der Waals surface area contributed by atoms with Crippen LogP contribution in [0.15, 0.2) is 42.5 Å². The Morgan fingerprint density at radius 1 is 1.17 bits per heavy atom. The van der Waals surface area contributed by atoms with Crippen molar-refractivity contribution in [2.45, 2.75) is 13.3 Å². The Morgan fingerprint density at radius 2 is 1.86 bits per heavy atom. The summed E-state index contributed by atoms with van der Waals surface area (Å²) in [5, 5.41) is 21.3. The van der Waals surface area contributed by atoms with Gasteiger partial charge in [-0.1, -0.05) is 31.2 Å². The minimum Gasteiger partial charge on any atom is -0.454 e. The molecule has 8 heteroatoms. The van der Waals surface area contributed by atoms with Crippen LogP contribution in [0, 0.1) is 21.4 Å². The number of nitro groups is 1. The van der Waals surface area contributed by atoms with E-state index >= 15 is 0 Å². The zero-order valence-corrected chi connectivity index (χ0v) is 15.5. The van der Waals surface area contributed by atoms with Crippen molar-refractivity contribution < 1.29 is 14.4 Å². The predicted octanol–water partition coefficient (Wildman–Crippen LogP) is 4.07. The van der Waals surface area contributed by atoms with Gasteiger partial charge in [0.2, 0.25) is 6.79 Å². The Hall–Kier alpha value is -4.12. The SMILES string of the molecule is CCc1ccc(-c2cc(-c3cc4c(cc3[N+](=O)[O-])OCO4)c(C#N)c(N)n2)cc1. The summed E-state index contributed by atoms with van der Waals surface area (Å²) in [4.78, 5) is 15.5. The van der Waals surface area contributed by atoms with E-state index in [0.29, 0.717) is 17.0 Å². The van der Waals surface area contributed by atoms with E-state index in [0.717, 1.165) is 12.0 Å². The van der Waals surface area contributed by atoms with Crippen LogP contribution in [0.3, 0.4) is 0 Å². The standard InChI is InChI=1S/C21H16N4O4/c1-2-12-3-5-13(6-4-12)17-7-14(16(10-22)21(23)24-17)15-8-19-20(29-11-28-19)9-18(15)25(26)27/h3-9H,2,11H2,1H3,(H2,23,24). The van der Waals surface area contributed by atoms with Gasteiger partial charge in [0, 0.05) is 11.1 Å². The fourth-order valence-corrected chi connectivity index (χ4v) is 3.25. The first-order chi connectivity index (χ1) is 14.0. The Morgan fingerprint density at radius 3 is 2.48 bits per heavy atom. The second kappa shape index (κ2) is 7.13. The van der Waals surface area contributed by atoms with Crippen LogP contribution in [0.2, 0.25) is 0 Å². The lowest BCUT2D eigenvalue weighted by atomic mass is 9.96. The first-order valence-corrected chi connectivity index (χ1v) is 8.90. The van der Waals surface area contributed by atoms with E-state index in [1.54, 1.807) is 6.07 Å². The molecule has 0 amide bonds. The first kappa shape index (κ1) is 18.3. The summed E-state index contributed by atoms with van der Waals surface area (Å²) in [6.45, 7) is 2.04. The number of fused-ring (bicyclic) bond motifs is 1. The number of hydrogen-bond donors (Lipinski definition) is 1. The summed E-state index contributed by atoms with van der Waals surface area (Å²) in [5.74, 6) is 0.668. The van der Waals surface area contributed by atoms with Gasteiger partial charge >= 0.3 is 0 Å². The molecular formula is C21H16N4O4. The van der Waals surface area contributed by atoms with Gasteiger partial charge in [-0.3, -0.25) is 10.1 Å². The van der Waals surface area contributed by atoms with E-state index < -0.39 is 4.92 Å². The molecule has 0 unspecified atom stereocenters. The third kappa shape index (κ3) is 3.19. The number of nitro benzene ring substituents is 1. The van der Waals surface area contributed by atoms with Crippen molar-refractivity contribution in [3.8, 4) is 40.0 Å². The molecule has 2 aromatic carbocycles. The van der Waals surface area contributed by atoms with Crippen LogP contribution in [0.4, 0.5) is 11.5 Å². The van der Waals surface area contributed by atoms with Gasteiger partial charge < -0.3 is 15.2 Å². The van der Waals surface area contributed by atoms with E-state index in [4.69, 9.17) is 15.2 Å². The number of nitrogens with two attached hydrogens (primary N) is 1. The number of rotatable bonds is 4. The van der Waals surface area contributed by atoms with Gasteiger partial charge in [-0.15, -0.1) is 0 Å². The highest BCUT2D eigenvalue weighted by Crippen LogP contribution is 2.44. The van der Waals surface area contributed by atoms with Crippen molar-refractivity contribution in [2.75, 3.05) is 12.5 Å². The maximum atomic E-state index is 11.7. The quantitative estimate of drug-likeness (QED) is 0.527. The number of nitriles is 1. The normalized spacial score (nSPS) is 11.9. The fraction of sp³-hybridized carbons (Fsp3) is 0.143. The van der Waals surface area contributed by atoms with Crippen LogP contribution in [0.25, 0.3) is 22.4 Å². The van der Waals surface area contributed by atoms with E-state index in [-0.39, 0.29) is 35.2 Å². The third-order valence-corrected chi connectivity index (χ3v) is 4.79. The molecule has 1 aliphatic heterocycles. The summed E-state index contributed by atoms with van der Waals surface area (Å²) in [7, 11) is 0. The second-order valence-electron chi connectivity index (χ2n) is 6.46. The number of anilines is 1. The van der Waals surface area contributed by atoms with Crippen LogP contribution in [0.1, 0.15) is 18.1 Å². The van der Waals surface area contributed by atoms with Crippen molar-refractivity contribution in [3.63, 3.8) is 0 Å². The van der Waals surface area contributed by atoms with E-state index in [9.17, 15) is 15.4 Å². The molecule has 0 atom stereocenters. The molecule has 8 nitrogen and oxygen atoms in total. The lowest BCUT2D eigenvalue weighted by Gasteiger charge is -2.11. The lowest BCUT2D eigenvalue weighted by molar-refractivity contribution is -0.384. The lowest BCUT2D eigenvalue weighted by Crippen LogP contribution is -2.01. The number of hydrogen-bond acceptors (Lipinski definition) is 7. The highest BCUT2D eigenvalue weighted by Gasteiger charge is 2.27. The van der Waals surface area contributed by atoms with Crippen molar-refractivity contribution in [1.29, 1.82) is 5.26 Å². The monoisotopic (exact) mass is 388 g/mol. The van der Waals surface area contributed by atoms with E-state index in [2.05, 4.69) is 11.9 Å². The minimum absolute atomic E-state index is 0.00605. The summed E-state index contributed by atoms with van der Waals surface area (Å²) < 4.78 is 10.6. The molecule has 1 aliphatic rings. The largest absolute Gasteiger partial charge is 0.454 e. The molecule has 2 heterocycles. The number of nitrogen functional groups attached to an aromatic ring is 1. The van der Waals surface area contributed by atoms with Crippen LogP contribution >= 0.6 is 0 Å². The fourth-order valence-electron chi connectivity index (χ4n) is 3.25. The maximum absolute atomic E-state index is 11.7. The third-order valence-electron chi connectivity index (χ3n) is 4.79. The molecule has 0 bridgehead atoms. The van der Waals surface area contributed by atoms with Crippen molar-refractivity contribution in [2.24, 2.45) is 0 Å². The van der Waals surface area contributed by atoms with Gasteiger partial charge in [0.1, 0.15) is 17.5 Å². The van der Waals surface area contributed by atoms with Crippen LogP contribution in [0.5, 0.6) is 11.5 Å². The molecule has 144 valence electrons. The predicted molar refractivity (Wildman–Crippen MR) is 106 cm³/mol. The molecular weight excluding hydrogens is 372 g/mol. The summed E-state index contributed by atoms with van der Waals surface area (Å²) >= 11 is 0. The van der Waals surface area contributed by atoms with Crippen LogP contribution in [-0.2, 0) is 6.42 Å². The number of benzene rings is 2. The molecule has 2 N–H and O–H groups in total. The van der Waals surface area contributed by atoms with Gasteiger partial charge in [-0.2, -0.15) is 5.26 Å². The summed E-state index contributed by atoms with van der Waals surface area (Å²) in [6, 6.07) is 14.2. The molecule has 1 aromatic heterocycles. The van der Waals surface area contributed by atoms with Gasteiger partial charge in [0.05, 0.1) is 22.2 Å². The number of aromatic nitrogens is 1. The zero-order valence-electron chi connectivity index (χ0n) is 15.5. The number of pyridine rings is 1. The summed E-state index contributed by atoms with van der Waals surface area (Å²) in [6.07, 6.45) is 0.901. The zero-order chi connectivity index (χ0) is 20.5. The molecule has 4 rings (SSSR count). The smallest absolute Gasteiger partial charge is 0.281 e. The minimum atomic E-state index is -0.523. The molecule has 3 aromatic rings. The van der Waals surface area contributed by atoms with Gasteiger partial charge in [0.25, 0.3) is 5.69 Å². The Kier molecular flexibility index (Phi) is 4.49. The highest BCUT2D eigenvalue weighted by atomic mass is 16.7. The Balaban J connectivity index is 1.95. The van der Waals surface area contributed by atoms with E-state index in [1.165, 1.54) is 17.7 Å². The first-order valence-electron chi connectivity index (χ1n) is 8.90. The Labute approximate surface area is 166 Å². The summed E-state index contributed by atoms with van der Waals surface area (Å²) in [5.41, 5.74) is 8.93. The molecule has 0 aliphatic carbocycles. The molecule has 0 saturated heterocycles. The van der Waals surface area contributed by atoms with Crippen molar-refractivity contribution in [1.82, 2.24) is 4.98 Å². The molecule has 29 heavy (non-hydrogen) atoms. The maximum Gasteiger partial charge on any atom is 0.281 e.